The average Bonchev–Trinajstić information content (AvgIpc) is 2.56. The zero-order chi connectivity index (χ0) is 19.0. The molecule has 0 aromatic carbocycles. The van der Waals surface area contributed by atoms with Crippen LogP contribution in [0.15, 0.2) is 0 Å². The van der Waals surface area contributed by atoms with E-state index < -0.39 is 0 Å². The molecule has 0 aromatic rings. The van der Waals surface area contributed by atoms with Crippen molar-refractivity contribution in [1.29, 1.82) is 0 Å². The molecule has 0 unspecified atom stereocenters. The third kappa shape index (κ3) is 16.4. The van der Waals surface area contributed by atoms with Crippen molar-refractivity contribution in [2.75, 3.05) is 53.1 Å². The second kappa shape index (κ2) is 14.4. The van der Waals surface area contributed by atoms with E-state index in [0.717, 1.165) is 12.8 Å². The summed E-state index contributed by atoms with van der Waals surface area (Å²) in [7, 11) is 0. The average molecular weight is 362 g/mol. The minimum absolute atomic E-state index is 0.0956. The maximum atomic E-state index is 5.39. The van der Waals surface area contributed by atoms with Gasteiger partial charge in [-0.3, -0.25) is 10.9 Å². The van der Waals surface area contributed by atoms with Gasteiger partial charge in [0.15, 0.2) is 0 Å². The highest BCUT2D eigenvalue weighted by atomic mass is 16.7. The molecule has 0 atom stereocenters. The normalized spacial score (nSPS) is 12.3. The first kappa shape index (κ1) is 24.2. The van der Waals surface area contributed by atoms with E-state index >= 15 is 0 Å². The van der Waals surface area contributed by atoms with Gasteiger partial charge in [-0.2, -0.15) is 0 Å². The first-order valence-electron chi connectivity index (χ1n) is 8.76. The molecule has 0 aliphatic carbocycles. The summed E-state index contributed by atoms with van der Waals surface area (Å²) < 4.78 is 21.3. The molecule has 8 nitrogen and oxygen atoms in total. The highest BCUT2D eigenvalue weighted by Crippen LogP contribution is 2.13. The first-order chi connectivity index (χ1) is 11.8. The number of nitrogens with one attached hydrogen (secondary N) is 2. The number of hydrogen-bond donors (Lipinski definition) is 3. The molecule has 0 amide bonds. The molecular weight excluding hydrogens is 324 g/mol. The summed E-state index contributed by atoms with van der Waals surface area (Å²) in [5.41, 5.74) is 11.4. The van der Waals surface area contributed by atoms with Crippen LogP contribution in [-0.2, 0) is 18.9 Å². The van der Waals surface area contributed by atoms with E-state index in [0.29, 0.717) is 39.5 Å². The third-order valence-electron chi connectivity index (χ3n) is 3.47. The summed E-state index contributed by atoms with van der Waals surface area (Å²) in [5, 5.41) is 0. The summed E-state index contributed by atoms with van der Waals surface area (Å²) >= 11 is 0. The van der Waals surface area contributed by atoms with E-state index in [9.17, 15) is 0 Å². The van der Waals surface area contributed by atoms with Crippen LogP contribution in [0.4, 0.5) is 0 Å². The van der Waals surface area contributed by atoms with Crippen LogP contribution in [-0.4, -0.2) is 64.2 Å². The van der Waals surface area contributed by atoms with Crippen LogP contribution in [0.2, 0.25) is 0 Å². The van der Waals surface area contributed by atoms with Gasteiger partial charge in [0, 0.05) is 32.5 Å². The Morgan fingerprint density at radius 1 is 0.880 bits per heavy atom. The molecular formula is C17H37N4O4+. The van der Waals surface area contributed by atoms with Crippen molar-refractivity contribution in [2.45, 2.75) is 51.6 Å². The third-order valence-corrected chi connectivity index (χ3v) is 3.47. The van der Waals surface area contributed by atoms with Crippen LogP contribution in [0.5, 0.6) is 0 Å². The molecule has 0 radical (unpaired) electrons. The van der Waals surface area contributed by atoms with Crippen LogP contribution in [0.25, 0.3) is 4.85 Å². The Kier molecular flexibility index (Phi) is 13.9. The minimum atomic E-state index is -0.253. The van der Waals surface area contributed by atoms with Gasteiger partial charge in [0.2, 0.25) is 0 Å². The van der Waals surface area contributed by atoms with Crippen LogP contribution >= 0.6 is 0 Å². The van der Waals surface area contributed by atoms with Crippen molar-refractivity contribution >= 4 is 0 Å². The lowest BCUT2D eigenvalue weighted by molar-refractivity contribution is -0.0581. The van der Waals surface area contributed by atoms with Gasteiger partial charge < -0.3 is 24.7 Å². The van der Waals surface area contributed by atoms with Crippen LogP contribution in [0.3, 0.4) is 0 Å². The molecule has 0 bridgehead atoms. The Balaban J connectivity index is 3.44. The molecule has 8 heteroatoms. The number of ether oxygens (including phenoxy) is 4. The fourth-order valence-corrected chi connectivity index (χ4v) is 1.64. The summed E-state index contributed by atoms with van der Waals surface area (Å²) in [6, 6.07) is 0. The second-order valence-corrected chi connectivity index (χ2v) is 7.03. The molecule has 0 spiro atoms. The largest absolute Gasteiger partial charge is 0.355 e. The van der Waals surface area contributed by atoms with Crippen molar-refractivity contribution in [3.05, 3.63) is 4.85 Å². The molecule has 148 valence electrons. The van der Waals surface area contributed by atoms with Gasteiger partial charge in [0.05, 0.1) is 32.8 Å². The van der Waals surface area contributed by atoms with E-state index in [2.05, 4.69) is 29.5 Å². The van der Waals surface area contributed by atoms with E-state index in [1.54, 1.807) is 0 Å². The number of hydrogen-bond acceptors (Lipinski definition) is 7. The molecule has 0 aliphatic heterocycles. The van der Waals surface area contributed by atoms with Crippen LogP contribution < -0.4 is 16.6 Å². The summed E-state index contributed by atoms with van der Waals surface area (Å²) in [5.74, 6) is 0. The van der Waals surface area contributed by atoms with Gasteiger partial charge in [-0.1, -0.05) is 4.85 Å². The number of rotatable bonds is 17. The fraction of sp³-hybridized carbons (Fsp3) is 0.941. The summed E-state index contributed by atoms with van der Waals surface area (Å²) in [6.07, 6.45) is 1.61. The van der Waals surface area contributed by atoms with Crippen molar-refractivity contribution in [3.63, 3.8) is 0 Å². The first-order valence-corrected chi connectivity index (χ1v) is 8.76. The molecule has 4 N–H and O–H groups in total. The summed E-state index contributed by atoms with van der Waals surface area (Å²) in [4.78, 5) is 3.78. The quantitative estimate of drug-likeness (QED) is 0.204. The zero-order valence-corrected chi connectivity index (χ0v) is 16.3. The Morgan fingerprint density at radius 3 is 2.04 bits per heavy atom. The molecule has 0 saturated carbocycles. The molecule has 0 aromatic heterocycles. The Morgan fingerprint density at radius 2 is 1.44 bits per heavy atom. The number of hydrazine groups is 1. The smallest absolute Gasteiger partial charge is 0.277 e. The molecule has 0 fully saturated rings. The van der Waals surface area contributed by atoms with Crippen molar-refractivity contribution in [3.8, 4) is 6.57 Å². The lowest BCUT2D eigenvalue weighted by atomic mass is 10.0. The van der Waals surface area contributed by atoms with Gasteiger partial charge in [0.1, 0.15) is 13.6 Å². The standard InChI is InChI=1S/C17H37N4O4/c1-16(2,19-5)6-10-22-15-25-13-9-20-21-17(3,4)7-11-23-14-24-12-8-18/h5,20-21H,6-15,18H2,1-4H3/q+1. The second-order valence-electron chi connectivity index (χ2n) is 7.03. The SMILES string of the molecule is C#[N+]C(C)(C)CCOCOCCNNC(C)(C)CCOCOCCN. The Bertz CT molecular complexity index is 359. The van der Waals surface area contributed by atoms with Gasteiger partial charge >= 0.3 is 0 Å². The van der Waals surface area contributed by atoms with Crippen LogP contribution in [0.1, 0.15) is 40.5 Å². The highest BCUT2D eigenvalue weighted by molar-refractivity contribution is 4.92. The molecule has 0 rings (SSSR count). The van der Waals surface area contributed by atoms with Crippen molar-refractivity contribution < 1.29 is 18.9 Å². The predicted molar refractivity (Wildman–Crippen MR) is 99.4 cm³/mol. The highest BCUT2D eigenvalue weighted by Gasteiger charge is 2.26. The number of nitrogens with zero attached hydrogens (tertiary/aromatic N) is 1. The van der Waals surface area contributed by atoms with Crippen molar-refractivity contribution in [1.82, 2.24) is 10.9 Å². The number of nitrogens with two attached hydrogens (primary N) is 1. The lowest BCUT2D eigenvalue weighted by Gasteiger charge is -2.26. The monoisotopic (exact) mass is 361 g/mol. The lowest BCUT2D eigenvalue weighted by Crippen LogP contribution is -2.49. The Labute approximate surface area is 152 Å². The van der Waals surface area contributed by atoms with E-state index in [1.165, 1.54) is 0 Å². The Hall–Kier alpha value is -0.790. The van der Waals surface area contributed by atoms with E-state index in [4.69, 9.17) is 31.3 Å². The molecule has 0 heterocycles. The summed E-state index contributed by atoms with van der Waals surface area (Å²) in [6.45, 7) is 17.4. The van der Waals surface area contributed by atoms with Gasteiger partial charge in [-0.05, 0) is 20.3 Å². The molecule has 25 heavy (non-hydrogen) atoms. The zero-order valence-electron chi connectivity index (χ0n) is 16.3. The van der Waals surface area contributed by atoms with Gasteiger partial charge in [-0.15, -0.1) is 0 Å². The molecule has 0 aliphatic rings. The van der Waals surface area contributed by atoms with E-state index in [-0.39, 0.29) is 24.7 Å². The van der Waals surface area contributed by atoms with Gasteiger partial charge in [0.25, 0.3) is 12.1 Å². The maximum Gasteiger partial charge on any atom is 0.277 e. The minimum Gasteiger partial charge on any atom is -0.355 e. The predicted octanol–water partition coefficient (Wildman–Crippen LogP) is 1.32. The topological polar surface area (TPSA) is 91.4 Å². The van der Waals surface area contributed by atoms with Crippen molar-refractivity contribution in [2.24, 2.45) is 5.73 Å². The molecule has 0 saturated heterocycles. The maximum absolute atomic E-state index is 5.39. The van der Waals surface area contributed by atoms with E-state index in [1.807, 2.05) is 13.8 Å². The van der Waals surface area contributed by atoms with Gasteiger partial charge in [-0.25, -0.2) is 0 Å². The fourth-order valence-electron chi connectivity index (χ4n) is 1.64. The van der Waals surface area contributed by atoms with Crippen LogP contribution in [0, 0.1) is 6.57 Å².